The summed E-state index contributed by atoms with van der Waals surface area (Å²) >= 11 is 0. The predicted octanol–water partition coefficient (Wildman–Crippen LogP) is 1.70. The summed E-state index contributed by atoms with van der Waals surface area (Å²) in [5.74, 6) is -0.879. The van der Waals surface area contributed by atoms with E-state index in [1.807, 2.05) is 43.3 Å². The molecule has 27 heavy (non-hydrogen) atoms. The first kappa shape index (κ1) is 20.1. The largest absolute Gasteiger partial charge is 0.350 e. The van der Waals surface area contributed by atoms with Crippen LogP contribution in [0.3, 0.4) is 0 Å². The van der Waals surface area contributed by atoms with Crippen molar-refractivity contribution in [3.05, 3.63) is 75.3 Å². The minimum Gasteiger partial charge on any atom is -0.350 e. The normalized spacial score (nSPS) is 10.5. The molecule has 0 radical (unpaired) electrons. The first-order chi connectivity index (χ1) is 12.9. The first-order valence-corrected chi connectivity index (χ1v) is 8.37. The molecule has 2 amide bonds. The van der Waals surface area contributed by atoms with Gasteiger partial charge in [0.1, 0.15) is 0 Å². The van der Waals surface area contributed by atoms with Gasteiger partial charge in [0, 0.05) is 30.8 Å². The van der Waals surface area contributed by atoms with Crippen LogP contribution < -0.4 is 10.6 Å². The van der Waals surface area contributed by atoms with Gasteiger partial charge in [0.2, 0.25) is 5.91 Å². The van der Waals surface area contributed by atoms with Crippen LogP contribution in [-0.2, 0) is 17.9 Å². The number of hydrogen-bond donors (Lipinski definition) is 2. The topological polar surface area (TPSA) is 105 Å². The Hall–Kier alpha value is -3.26. The van der Waals surface area contributed by atoms with Gasteiger partial charge in [-0.05, 0) is 31.3 Å². The molecule has 142 valence electrons. The fourth-order valence-corrected chi connectivity index (χ4v) is 2.50. The Morgan fingerprint density at radius 2 is 1.74 bits per heavy atom. The molecule has 0 atom stereocenters. The molecule has 8 nitrogen and oxygen atoms in total. The van der Waals surface area contributed by atoms with Crippen LogP contribution in [0.4, 0.5) is 5.69 Å². The molecule has 8 heteroatoms. The zero-order valence-corrected chi connectivity index (χ0v) is 15.3. The zero-order chi connectivity index (χ0) is 19.8. The van der Waals surface area contributed by atoms with Gasteiger partial charge in [-0.3, -0.25) is 19.7 Å². The van der Waals surface area contributed by atoms with Crippen molar-refractivity contribution < 1.29 is 14.5 Å². The maximum atomic E-state index is 12.1. The van der Waals surface area contributed by atoms with Gasteiger partial charge in [0.05, 0.1) is 11.5 Å². The molecule has 0 aliphatic rings. The van der Waals surface area contributed by atoms with Gasteiger partial charge >= 0.3 is 0 Å². The lowest BCUT2D eigenvalue weighted by atomic mass is 10.1. The van der Waals surface area contributed by atoms with E-state index in [-0.39, 0.29) is 23.7 Å². The number of nitro groups is 1. The van der Waals surface area contributed by atoms with E-state index in [2.05, 4.69) is 10.6 Å². The van der Waals surface area contributed by atoms with Crippen LogP contribution in [0.15, 0.2) is 48.5 Å². The Balaban J connectivity index is 1.87. The number of nitrogens with one attached hydrogen (secondary N) is 2. The fraction of sp³-hybridized carbons (Fsp3) is 0.263. The summed E-state index contributed by atoms with van der Waals surface area (Å²) in [5, 5.41) is 16.0. The fourth-order valence-electron chi connectivity index (χ4n) is 2.50. The third-order valence-electron chi connectivity index (χ3n) is 3.81. The van der Waals surface area contributed by atoms with Crippen molar-refractivity contribution in [2.75, 3.05) is 20.6 Å². The number of nitro benzene ring substituents is 1. The van der Waals surface area contributed by atoms with Crippen molar-refractivity contribution in [1.29, 1.82) is 0 Å². The summed E-state index contributed by atoms with van der Waals surface area (Å²) in [6, 6.07) is 13.2. The van der Waals surface area contributed by atoms with E-state index in [1.54, 1.807) is 0 Å². The molecule has 0 aliphatic heterocycles. The SMILES string of the molecule is CN(C)Cc1ccccc1CNC(=O)CNC(=O)c1cccc([N+](=O)[O-])c1. The molecule has 0 aromatic heterocycles. The monoisotopic (exact) mass is 370 g/mol. The molecule has 0 aliphatic carbocycles. The average molecular weight is 370 g/mol. The second-order valence-corrected chi connectivity index (χ2v) is 6.27. The Bertz CT molecular complexity index is 836. The predicted molar refractivity (Wildman–Crippen MR) is 101 cm³/mol. The molecule has 2 N–H and O–H groups in total. The van der Waals surface area contributed by atoms with Crippen molar-refractivity contribution in [2.45, 2.75) is 13.1 Å². The van der Waals surface area contributed by atoms with E-state index < -0.39 is 10.8 Å². The highest BCUT2D eigenvalue weighted by atomic mass is 16.6. The second-order valence-electron chi connectivity index (χ2n) is 6.27. The van der Waals surface area contributed by atoms with Crippen molar-refractivity contribution >= 4 is 17.5 Å². The number of amides is 2. The van der Waals surface area contributed by atoms with Gasteiger partial charge in [0.25, 0.3) is 11.6 Å². The summed E-state index contributed by atoms with van der Waals surface area (Å²) in [7, 11) is 3.94. The quantitative estimate of drug-likeness (QED) is 0.544. The van der Waals surface area contributed by atoms with Crippen LogP contribution in [0, 0.1) is 10.1 Å². The third kappa shape index (κ3) is 6.19. The molecule has 0 bridgehead atoms. The van der Waals surface area contributed by atoms with Crippen LogP contribution in [-0.4, -0.2) is 42.3 Å². The molecule has 2 rings (SSSR count). The van der Waals surface area contributed by atoms with Crippen LogP contribution in [0.25, 0.3) is 0 Å². The summed E-state index contributed by atoms with van der Waals surface area (Å²) in [4.78, 5) is 36.3. The van der Waals surface area contributed by atoms with Crippen LogP contribution in [0.5, 0.6) is 0 Å². The number of carbonyl (C=O) groups excluding carboxylic acids is 2. The molecular weight excluding hydrogens is 348 g/mol. The van der Waals surface area contributed by atoms with Crippen LogP contribution in [0.2, 0.25) is 0 Å². The Kier molecular flexibility index (Phi) is 7.01. The number of non-ortho nitro benzene ring substituents is 1. The number of benzene rings is 2. The highest BCUT2D eigenvalue weighted by molar-refractivity contribution is 5.96. The maximum absolute atomic E-state index is 12.1. The van der Waals surface area contributed by atoms with E-state index in [0.717, 1.165) is 17.7 Å². The zero-order valence-electron chi connectivity index (χ0n) is 15.3. The second kappa shape index (κ2) is 9.44. The molecule has 0 heterocycles. The van der Waals surface area contributed by atoms with E-state index >= 15 is 0 Å². The summed E-state index contributed by atoms with van der Waals surface area (Å²) < 4.78 is 0. The Morgan fingerprint density at radius 1 is 1.04 bits per heavy atom. The minimum atomic E-state index is -0.575. The summed E-state index contributed by atoms with van der Waals surface area (Å²) in [6.07, 6.45) is 0. The van der Waals surface area contributed by atoms with E-state index in [9.17, 15) is 19.7 Å². The highest BCUT2D eigenvalue weighted by Gasteiger charge is 2.12. The third-order valence-corrected chi connectivity index (χ3v) is 3.81. The Morgan fingerprint density at radius 3 is 2.41 bits per heavy atom. The molecule has 2 aromatic carbocycles. The van der Waals surface area contributed by atoms with Gasteiger partial charge in [-0.1, -0.05) is 30.3 Å². The van der Waals surface area contributed by atoms with E-state index in [1.165, 1.54) is 24.3 Å². The number of nitrogens with zero attached hydrogens (tertiary/aromatic N) is 2. The van der Waals surface area contributed by atoms with Gasteiger partial charge in [-0.15, -0.1) is 0 Å². The smallest absolute Gasteiger partial charge is 0.270 e. The van der Waals surface area contributed by atoms with E-state index in [4.69, 9.17) is 0 Å². The minimum absolute atomic E-state index is 0.133. The van der Waals surface area contributed by atoms with Crippen LogP contribution >= 0.6 is 0 Å². The maximum Gasteiger partial charge on any atom is 0.270 e. The molecule has 0 saturated heterocycles. The lowest BCUT2D eigenvalue weighted by Gasteiger charge is -2.14. The van der Waals surface area contributed by atoms with Gasteiger partial charge in [0.15, 0.2) is 0 Å². The van der Waals surface area contributed by atoms with Crippen molar-refractivity contribution in [2.24, 2.45) is 0 Å². The number of hydrogen-bond acceptors (Lipinski definition) is 5. The van der Waals surface area contributed by atoms with Gasteiger partial charge in [-0.2, -0.15) is 0 Å². The van der Waals surface area contributed by atoms with Crippen molar-refractivity contribution in [3.8, 4) is 0 Å². The first-order valence-electron chi connectivity index (χ1n) is 8.37. The lowest BCUT2D eigenvalue weighted by molar-refractivity contribution is -0.384. The Labute approximate surface area is 157 Å². The summed E-state index contributed by atoms with van der Waals surface area (Å²) in [5.41, 5.74) is 2.07. The van der Waals surface area contributed by atoms with Gasteiger partial charge in [-0.25, -0.2) is 0 Å². The highest BCUT2D eigenvalue weighted by Crippen LogP contribution is 2.13. The van der Waals surface area contributed by atoms with E-state index in [0.29, 0.717) is 6.54 Å². The molecule has 2 aromatic rings. The van der Waals surface area contributed by atoms with Crippen molar-refractivity contribution in [3.63, 3.8) is 0 Å². The van der Waals surface area contributed by atoms with Crippen LogP contribution in [0.1, 0.15) is 21.5 Å². The molecular formula is C19H22N4O4. The average Bonchev–Trinajstić information content (AvgIpc) is 2.65. The van der Waals surface area contributed by atoms with Crippen molar-refractivity contribution in [1.82, 2.24) is 15.5 Å². The standard InChI is InChI=1S/C19H22N4O4/c1-22(2)13-16-7-4-3-6-15(16)11-20-18(24)12-21-19(25)14-8-5-9-17(10-14)23(26)27/h3-10H,11-13H2,1-2H3,(H,20,24)(H,21,25). The summed E-state index contributed by atoms with van der Waals surface area (Å²) in [6.45, 7) is 0.905. The lowest BCUT2D eigenvalue weighted by Crippen LogP contribution is -2.36. The molecule has 0 fully saturated rings. The number of rotatable bonds is 8. The molecule has 0 spiro atoms. The van der Waals surface area contributed by atoms with Gasteiger partial charge < -0.3 is 15.5 Å². The molecule has 0 unspecified atom stereocenters. The molecule has 0 saturated carbocycles. The number of carbonyl (C=O) groups is 2.